The zero-order chi connectivity index (χ0) is 15.0. The fraction of sp³-hybridized carbons (Fsp3) is 0.357. The molecule has 21 heavy (non-hydrogen) atoms. The second-order valence-electron chi connectivity index (χ2n) is 4.96. The van der Waals surface area contributed by atoms with Crippen LogP contribution >= 0.6 is 15.9 Å². The summed E-state index contributed by atoms with van der Waals surface area (Å²) < 4.78 is 0.469. The maximum absolute atomic E-state index is 12.6. The first kappa shape index (κ1) is 14.1. The summed E-state index contributed by atoms with van der Waals surface area (Å²) in [6.45, 7) is 3.65. The van der Waals surface area contributed by atoms with Crippen LogP contribution in [-0.2, 0) is 19.5 Å². The van der Waals surface area contributed by atoms with Gasteiger partial charge in [0.1, 0.15) is 5.75 Å². The van der Waals surface area contributed by atoms with Crippen molar-refractivity contribution in [2.24, 2.45) is 0 Å². The molecular weight excluding hydrogens is 336 g/mol. The van der Waals surface area contributed by atoms with Gasteiger partial charge in [0.05, 0.1) is 6.54 Å². The molecule has 0 saturated carbocycles. The number of fused-ring (bicyclic) bond motifs is 1. The molecule has 2 aromatic rings. The molecule has 0 bridgehead atoms. The Labute approximate surface area is 130 Å². The Morgan fingerprint density at radius 2 is 2.19 bits per heavy atom. The summed E-state index contributed by atoms with van der Waals surface area (Å²) in [5.74, 6) is 0.0803. The van der Waals surface area contributed by atoms with Crippen molar-refractivity contribution >= 4 is 21.8 Å². The topological polar surface area (TPSA) is 71.2 Å². The van der Waals surface area contributed by atoms with Crippen LogP contribution in [0.1, 0.15) is 28.5 Å². The molecule has 1 aromatic heterocycles. The third-order valence-electron chi connectivity index (χ3n) is 3.59. The molecule has 6 nitrogen and oxygen atoms in total. The van der Waals surface area contributed by atoms with Crippen LogP contribution in [0, 0.1) is 0 Å². The molecule has 0 atom stereocenters. The second kappa shape index (κ2) is 5.48. The first-order valence-electron chi connectivity index (χ1n) is 6.79. The van der Waals surface area contributed by atoms with Crippen molar-refractivity contribution in [3.63, 3.8) is 0 Å². The first-order valence-corrected chi connectivity index (χ1v) is 7.58. The third kappa shape index (κ3) is 2.65. The van der Waals surface area contributed by atoms with Crippen LogP contribution in [0.15, 0.2) is 22.8 Å². The molecule has 0 aliphatic carbocycles. The van der Waals surface area contributed by atoms with Gasteiger partial charge in [-0.05, 0) is 52.5 Å². The largest absolute Gasteiger partial charge is 0.508 e. The van der Waals surface area contributed by atoms with Crippen molar-refractivity contribution in [1.29, 1.82) is 0 Å². The molecular formula is C14H15BrN4O2. The molecule has 1 N–H and O–H groups in total. The summed E-state index contributed by atoms with van der Waals surface area (Å²) in [7, 11) is 0. The predicted molar refractivity (Wildman–Crippen MR) is 79.9 cm³/mol. The summed E-state index contributed by atoms with van der Waals surface area (Å²) in [6, 6.07) is 5.31. The molecule has 1 aromatic carbocycles. The fourth-order valence-corrected chi connectivity index (χ4v) is 2.90. The molecule has 0 spiro atoms. The van der Waals surface area contributed by atoms with Crippen molar-refractivity contribution < 1.29 is 9.90 Å². The average Bonchev–Trinajstić information content (AvgIpc) is 2.87. The Balaban J connectivity index is 1.85. The Morgan fingerprint density at radius 3 is 2.90 bits per heavy atom. The lowest BCUT2D eigenvalue weighted by atomic mass is 9.99. The van der Waals surface area contributed by atoms with Crippen LogP contribution in [0.4, 0.5) is 0 Å². The highest BCUT2D eigenvalue weighted by molar-refractivity contribution is 9.10. The number of rotatable bonds is 2. The molecule has 0 fully saturated rings. The number of aromatic nitrogens is 3. The number of amides is 1. The molecule has 7 heteroatoms. The van der Waals surface area contributed by atoms with Crippen LogP contribution in [-0.4, -0.2) is 37.5 Å². The van der Waals surface area contributed by atoms with Crippen molar-refractivity contribution in [2.45, 2.75) is 26.4 Å². The molecule has 1 aliphatic rings. The minimum Gasteiger partial charge on any atom is -0.508 e. The number of carbonyl (C=O) groups excluding carboxylic acids is 1. The SMILES string of the molecule is CCn1nc(Br)c(C(=O)N2CCc3ccc(O)cc3C2)n1. The Kier molecular flexibility index (Phi) is 3.67. The lowest BCUT2D eigenvalue weighted by Crippen LogP contribution is -2.36. The smallest absolute Gasteiger partial charge is 0.277 e. The number of halogens is 1. The minimum absolute atomic E-state index is 0.143. The van der Waals surface area contributed by atoms with E-state index >= 15 is 0 Å². The Bertz CT molecular complexity index is 698. The lowest BCUT2D eigenvalue weighted by molar-refractivity contribution is 0.0726. The van der Waals surface area contributed by atoms with Gasteiger partial charge in [-0.2, -0.15) is 4.80 Å². The monoisotopic (exact) mass is 350 g/mol. The average molecular weight is 351 g/mol. The van der Waals surface area contributed by atoms with E-state index in [4.69, 9.17) is 0 Å². The summed E-state index contributed by atoms with van der Waals surface area (Å²) in [6.07, 6.45) is 0.779. The number of hydrogen-bond acceptors (Lipinski definition) is 4. The van der Waals surface area contributed by atoms with E-state index in [0.717, 1.165) is 12.0 Å². The van der Waals surface area contributed by atoms with Gasteiger partial charge < -0.3 is 10.0 Å². The van der Waals surface area contributed by atoms with Gasteiger partial charge >= 0.3 is 0 Å². The zero-order valence-corrected chi connectivity index (χ0v) is 13.2. The van der Waals surface area contributed by atoms with Gasteiger partial charge in [-0.25, -0.2) is 0 Å². The van der Waals surface area contributed by atoms with Gasteiger partial charge in [-0.15, -0.1) is 10.2 Å². The standard InChI is InChI=1S/C14H15BrN4O2/c1-2-19-16-12(13(15)17-19)14(21)18-6-5-9-3-4-11(20)7-10(9)8-18/h3-4,7,20H,2,5-6,8H2,1H3. The van der Waals surface area contributed by atoms with Gasteiger partial charge in [0.15, 0.2) is 10.3 Å². The zero-order valence-electron chi connectivity index (χ0n) is 11.6. The van der Waals surface area contributed by atoms with Gasteiger partial charge in [0, 0.05) is 13.1 Å². The third-order valence-corrected chi connectivity index (χ3v) is 4.12. The maximum Gasteiger partial charge on any atom is 0.277 e. The van der Waals surface area contributed by atoms with Crippen molar-refractivity contribution in [1.82, 2.24) is 19.9 Å². The van der Waals surface area contributed by atoms with E-state index in [1.165, 1.54) is 10.4 Å². The molecule has 0 unspecified atom stereocenters. The molecule has 0 saturated heterocycles. The Morgan fingerprint density at radius 1 is 1.38 bits per heavy atom. The van der Waals surface area contributed by atoms with E-state index in [1.807, 2.05) is 13.0 Å². The highest BCUT2D eigenvalue weighted by Gasteiger charge is 2.26. The molecule has 3 rings (SSSR count). The summed E-state index contributed by atoms with van der Waals surface area (Å²) in [5, 5.41) is 17.9. The maximum atomic E-state index is 12.6. The first-order chi connectivity index (χ1) is 10.1. The Hall–Kier alpha value is -1.89. The summed E-state index contributed by atoms with van der Waals surface area (Å²) in [5.41, 5.74) is 2.49. The van der Waals surface area contributed by atoms with E-state index in [0.29, 0.717) is 29.9 Å². The van der Waals surface area contributed by atoms with Crippen molar-refractivity contribution in [3.8, 4) is 5.75 Å². The summed E-state index contributed by atoms with van der Waals surface area (Å²) >= 11 is 3.29. The number of phenolic OH excluding ortho intramolecular Hbond substituents is 1. The molecule has 1 aliphatic heterocycles. The quantitative estimate of drug-likeness (QED) is 0.898. The highest BCUT2D eigenvalue weighted by atomic mass is 79.9. The number of phenols is 1. The predicted octanol–water partition coefficient (Wildman–Crippen LogP) is 1.96. The van der Waals surface area contributed by atoms with Crippen LogP contribution in [0.2, 0.25) is 0 Å². The molecule has 2 heterocycles. The van der Waals surface area contributed by atoms with E-state index in [9.17, 15) is 9.90 Å². The highest BCUT2D eigenvalue weighted by Crippen LogP contribution is 2.25. The van der Waals surface area contributed by atoms with Crippen molar-refractivity contribution in [3.05, 3.63) is 39.6 Å². The normalized spacial score (nSPS) is 14.1. The van der Waals surface area contributed by atoms with Crippen LogP contribution in [0.3, 0.4) is 0 Å². The minimum atomic E-state index is -0.143. The molecule has 1 amide bonds. The van der Waals surface area contributed by atoms with E-state index in [-0.39, 0.29) is 11.7 Å². The number of carbonyl (C=O) groups is 1. The van der Waals surface area contributed by atoms with Gasteiger partial charge in [0.25, 0.3) is 5.91 Å². The molecule has 110 valence electrons. The second-order valence-corrected chi connectivity index (χ2v) is 5.71. The molecule has 0 radical (unpaired) electrons. The number of aromatic hydroxyl groups is 1. The van der Waals surface area contributed by atoms with Gasteiger partial charge in [-0.1, -0.05) is 6.07 Å². The van der Waals surface area contributed by atoms with Gasteiger partial charge in [0.2, 0.25) is 0 Å². The van der Waals surface area contributed by atoms with Crippen LogP contribution in [0.5, 0.6) is 5.75 Å². The number of nitrogens with zero attached hydrogens (tertiary/aromatic N) is 4. The number of hydrogen-bond donors (Lipinski definition) is 1. The number of aryl methyl sites for hydroxylation is 1. The fourth-order valence-electron chi connectivity index (χ4n) is 2.47. The van der Waals surface area contributed by atoms with E-state index in [1.54, 1.807) is 17.0 Å². The van der Waals surface area contributed by atoms with E-state index < -0.39 is 0 Å². The van der Waals surface area contributed by atoms with E-state index in [2.05, 4.69) is 26.1 Å². The lowest BCUT2D eigenvalue weighted by Gasteiger charge is -2.28. The van der Waals surface area contributed by atoms with Crippen LogP contribution in [0.25, 0.3) is 0 Å². The summed E-state index contributed by atoms with van der Waals surface area (Å²) in [4.78, 5) is 15.8. The van der Waals surface area contributed by atoms with Crippen molar-refractivity contribution in [2.75, 3.05) is 6.54 Å². The number of benzene rings is 1. The van der Waals surface area contributed by atoms with Crippen LogP contribution < -0.4 is 0 Å². The van der Waals surface area contributed by atoms with Gasteiger partial charge in [-0.3, -0.25) is 4.79 Å².